The summed E-state index contributed by atoms with van der Waals surface area (Å²) in [7, 11) is 0. The second kappa shape index (κ2) is 11.0. The fraction of sp³-hybridized carbons (Fsp3) is 1.00. The monoisotopic (exact) mass is 201 g/mol. The Morgan fingerprint density at radius 3 is 2.43 bits per heavy atom. The third-order valence-electron chi connectivity index (χ3n) is 2.41. The smallest absolute Gasteiger partial charge is 0.0822 e. The maximum atomic E-state index is 10.2. The first-order valence-electron chi connectivity index (χ1n) is 6.01. The highest BCUT2D eigenvalue weighted by Gasteiger charge is 2.00. The minimum absolute atomic E-state index is 0.0771. The van der Waals surface area contributed by atoms with Crippen molar-refractivity contribution < 1.29 is 9.84 Å². The molecule has 0 aromatic carbocycles. The summed E-state index contributed by atoms with van der Waals surface area (Å²) in [4.78, 5) is 0. The van der Waals surface area contributed by atoms with Crippen LogP contribution in [0.4, 0.5) is 0 Å². The Labute approximate surface area is 88.7 Å². The van der Waals surface area contributed by atoms with Crippen LogP contribution >= 0.6 is 0 Å². The zero-order chi connectivity index (χ0) is 10.6. The molecule has 0 spiro atoms. The van der Waals surface area contributed by atoms with Gasteiger partial charge in [0.2, 0.25) is 0 Å². The Balaban J connectivity index is 3.02. The predicted octanol–water partition coefficient (Wildman–Crippen LogP) is 3.57. The summed E-state index contributed by atoms with van der Waals surface area (Å²) in [6.07, 6.45) is 8.24. The van der Waals surface area contributed by atoms with Gasteiger partial charge in [-0.2, -0.15) is 0 Å². The molecular formula is C12H25O2. The SMILES string of the molecule is CCCCC(C)OCCCCCC[O]. The summed E-state index contributed by atoms with van der Waals surface area (Å²) >= 11 is 0. The van der Waals surface area contributed by atoms with Crippen molar-refractivity contribution in [1.82, 2.24) is 0 Å². The Hall–Kier alpha value is -0.0800. The molecule has 0 aliphatic heterocycles. The molecule has 2 nitrogen and oxygen atoms in total. The van der Waals surface area contributed by atoms with Crippen molar-refractivity contribution >= 4 is 0 Å². The van der Waals surface area contributed by atoms with E-state index in [2.05, 4.69) is 13.8 Å². The lowest BCUT2D eigenvalue weighted by atomic mass is 10.2. The Morgan fingerprint density at radius 2 is 1.79 bits per heavy atom. The molecule has 0 saturated carbocycles. The van der Waals surface area contributed by atoms with E-state index in [9.17, 15) is 5.11 Å². The number of hydrogen-bond acceptors (Lipinski definition) is 1. The van der Waals surface area contributed by atoms with E-state index in [1.165, 1.54) is 19.3 Å². The van der Waals surface area contributed by atoms with Crippen LogP contribution in [0.1, 0.15) is 58.8 Å². The molecule has 0 amide bonds. The third kappa shape index (κ3) is 10.0. The molecule has 0 aliphatic carbocycles. The fourth-order valence-corrected chi connectivity index (χ4v) is 1.42. The number of hydrogen-bond donors (Lipinski definition) is 0. The molecule has 1 atom stereocenters. The topological polar surface area (TPSA) is 29.1 Å². The molecule has 0 aliphatic rings. The second-order valence-electron chi connectivity index (χ2n) is 3.94. The van der Waals surface area contributed by atoms with E-state index in [-0.39, 0.29) is 6.61 Å². The van der Waals surface area contributed by atoms with Gasteiger partial charge in [0.05, 0.1) is 12.7 Å². The van der Waals surface area contributed by atoms with Crippen LogP contribution in [0.5, 0.6) is 0 Å². The van der Waals surface area contributed by atoms with Crippen molar-refractivity contribution in [3.8, 4) is 0 Å². The van der Waals surface area contributed by atoms with Crippen molar-refractivity contribution in [3.05, 3.63) is 0 Å². The molecule has 0 bridgehead atoms. The Bertz CT molecular complexity index is 104. The summed E-state index contributed by atoms with van der Waals surface area (Å²) in [6, 6.07) is 0. The number of ether oxygens (including phenoxy) is 1. The number of unbranched alkanes of at least 4 members (excludes halogenated alkanes) is 4. The van der Waals surface area contributed by atoms with Gasteiger partial charge in [0.1, 0.15) is 0 Å². The van der Waals surface area contributed by atoms with E-state index in [1.807, 2.05) is 0 Å². The van der Waals surface area contributed by atoms with Crippen LogP contribution in [0.2, 0.25) is 0 Å². The molecule has 0 aromatic rings. The molecule has 0 saturated heterocycles. The van der Waals surface area contributed by atoms with Gasteiger partial charge in [-0.15, -0.1) is 0 Å². The van der Waals surface area contributed by atoms with Crippen molar-refractivity contribution in [2.45, 2.75) is 64.9 Å². The van der Waals surface area contributed by atoms with Gasteiger partial charge in [0.15, 0.2) is 0 Å². The normalized spacial score (nSPS) is 13.1. The third-order valence-corrected chi connectivity index (χ3v) is 2.41. The maximum absolute atomic E-state index is 10.2. The molecule has 0 N–H and O–H groups in total. The van der Waals surface area contributed by atoms with Gasteiger partial charge in [-0.25, -0.2) is 5.11 Å². The zero-order valence-corrected chi connectivity index (χ0v) is 9.76. The van der Waals surface area contributed by atoms with Gasteiger partial charge in [0.25, 0.3) is 0 Å². The first-order valence-corrected chi connectivity index (χ1v) is 6.01. The van der Waals surface area contributed by atoms with Gasteiger partial charge < -0.3 is 4.74 Å². The van der Waals surface area contributed by atoms with E-state index in [4.69, 9.17) is 4.74 Å². The van der Waals surface area contributed by atoms with Crippen LogP contribution in [-0.4, -0.2) is 19.3 Å². The predicted molar refractivity (Wildman–Crippen MR) is 59.0 cm³/mol. The first kappa shape index (κ1) is 13.9. The van der Waals surface area contributed by atoms with E-state index < -0.39 is 0 Å². The lowest BCUT2D eigenvalue weighted by molar-refractivity contribution is 0.0557. The van der Waals surface area contributed by atoms with E-state index >= 15 is 0 Å². The van der Waals surface area contributed by atoms with Crippen LogP contribution in [0.15, 0.2) is 0 Å². The summed E-state index contributed by atoms with van der Waals surface area (Å²) in [5.74, 6) is 0. The molecular weight excluding hydrogens is 176 g/mol. The van der Waals surface area contributed by atoms with Gasteiger partial charge in [0, 0.05) is 6.61 Å². The van der Waals surface area contributed by atoms with Gasteiger partial charge in [-0.05, 0) is 26.2 Å². The van der Waals surface area contributed by atoms with Crippen LogP contribution in [0, 0.1) is 0 Å². The zero-order valence-electron chi connectivity index (χ0n) is 9.76. The van der Waals surface area contributed by atoms with Crippen LogP contribution in [-0.2, 0) is 9.84 Å². The highest BCUT2D eigenvalue weighted by molar-refractivity contribution is 4.50. The summed E-state index contributed by atoms with van der Waals surface area (Å²) < 4.78 is 5.65. The largest absolute Gasteiger partial charge is 0.379 e. The molecule has 1 radical (unpaired) electrons. The van der Waals surface area contributed by atoms with Crippen LogP contribution in [0.25, 0.3) is 0 Å². The van der Waals surface area contributed by atoms with Gasteiger partial charge in [-0.3, -0.25) is 0 Å². The Kier molecular flexibility index (Phi) is 10.9. The van der Waals surface area contributed by atoms with Crippen molar-refractivity contribution in [3.63, 3.8) is 0 Å². The first-order chi connectivity index (χ1) is 6.81. The molecule has 1 unspecified atom stereocenters. The van der Waals surface area contributed by atoms with Crippen molar-refractivity contribution in [2.75, 3.05) is 13.2 Å². The molecule has 85 valence electrons. The summed E-state index contributed by atoms with van der Waals surface area (Å²) in [5.41, 5.74) is 0. The Morgan fingerprint density at radius 1 is 1.07 bits per heavy atom. The standard InChI is InChI=1S/C12H25O2/c1-3-4-9-12(2)14-11-8-6-5-7-10-13/h12H,3-11H2,1-2H3. The van der Waals surface area contributed by atoms with Crippen LogP contribution < -0.4 is 0 Å². The maximum Gasteiger partial charge on any atom is 0.0822 e. The number of rotatable bonds is 10. The molecule has 0 rings (SSSR count). The molecule has 0 aromatic heterocycles. The minimum atomic E-state index is 0.0771. The summed E-state index contributed by atoms with van der Waals surface area (Å²) in [6.45, 7) is 5.29. The van der Waals surface area contributed by atoms with E-state index in [1.54, 1.807) is 0 Å². The quantitative estimate of drug-likeness (QED) is 0.497. The average molecular weight is 201 g/mol. The van der Waals surface area contributed by atoms with E-state index in [0.717, 1.165) is 32.3 Å². The van der Waals surface area contributed by atoms with Crippen molar-refractivity contribution in [2.24, 2.45) is 0 Å². The van der Waals surface area contributed by atoms with Gasteiger partial charge >= 0.3 is 0 Å². The second-order valence-corrected chi connectivity index (χ2v) is 3.94. The highest BCUT2D eigenvalue weighted by Crippen LogP contribution is 2.06. The van der Waals surface area contributed by atoms with Crippen molar-refractivity contribution in [1.29, 1.82) is 0 Å². The van der Waals surface area contributed by atoms with Crippen LogP contribution in [0.3, 0.4) is 0 Å². The molecule has 14 heavy (non-hydrogen) atoms. The minimum Gasteiger partial charge on any atom is -0.379 e. The van der Waals surface area contributed by atoms with Gasteiger partial charge in [-0.1, -0.05) is 32.6 Å². The highest BCUT2D eigenvalue weighted by atomic mass is 16.5. The lowest BCUT2D eigenvalue weighted by Crippen LogP contribution is -2.08. The molecule has 0 heterocycles. The van der Waals surface area contributed by atoms with E-state index in [0.29, 0.717) is 6.10 Å². The molecule has 0 fully saturated rings. The average Bonchev–Trinajstić information content (AvgIpc) is 2.20. The summed E-state index contributed by atoms with van der Waals surface area (Å²) in [5, 5.41) is 10.2. The lowest BCUT2D eigenvalue weighted by Gasteiger charge is -2.11. The fourth-order valence-electron chi connectivity index (χ4n) is 1.42. The molecule has 2 heteroatoms.